The summed E-state index contributed by atoms with van der Waals surface area (Å²) in [4.78, 5) is 5.45. The number of nitrogens with two attached hydrogens (primary N) is 1. The maximum atomic E-state index is 5.87. The summed E-state index contributed by atoms with van der Waals surface area (Å²) >= 11 is 7.47. The van der Waals surface area contributed by atoms with Gasteiger partial charge in [0.05, 0.1) is 5.69 Å². The highest BCUT2D eigenvalue weighted by atomic mass is 35.5. The van der Waals surface area contributed by atoms with Crippen LogP contribution in [0, 0.1) is 0 Å². The molecule has 98 valence electrons. The van der Waals surface area contributed by atoms with Crippen molar-refractivity contribution in [3.05, 3.63) is 51.7 Å². The van der Waals surface area contributed by atoms with E-state index in [1.165, 1.54) is 0 Å². The molecule has 0 saturated heterocycles. The normalized spacial score (nSPS) is 11.3. The number of thiazole rings is 1. The average molecular weight is 293 g/mol. The number of hydrogen-bond donors (Lipinski definition) is 1. The van der Waals surface area contributed by atoms with Gasteiger partial charge in [-0.15, -0.1) is 16.4 Å². The average Bonchev–Trinajstić information content (AvgIpc) is 2.94. The van der Waals surface area contributed by atoms with Crippen molar-refractivity contribution in [2.24, 2.45) is 5.73 Å². The van der Waals surface area contributed by atoms with Crippen molar-refractivity contribution in [3.63, 3.8) is 0 Å². The van der Waals surface area contributed by atoms with E-state index in [1.54, 1.807) is 11.3 Å². The van der Waals surface area contributed by atoms with Gasteiger partial charge in [0.2, 0.25) is 4.96 Å². The zero-order valence-electron chi connectivity index (χ0n) is 10.2. The largest absolute Gasteiger partial charge is 0.330 e. The molecule has 0 aliphatic rings. The fraction of sp³-hybridized carbons (Fsp3) is 0.231. The van der Waals surface area contributed by atoms with Crippen LogP contribution in [0.5, 0.6) is 0 Å². The van der Waals surface area contributed by atoms with Crippen LogP contribution in [0.4, 0.5) is 0 Å². The molecule has 0 amide bonds. The first kappa shape index (κ1) is 12.6. The maximum Gasteiger partial charge on any atom is 0.212 e. The van der Waals surface area contributed by atoms with E-state index < -0.39 is 0 Å². The summed E-state index contributed by atoms with van der Waals surface area (Å²) in [6.07, 6.45) is 1.54. The molecule has 0 unspecified atom stereocenters. The standard InChI is InChI=1S/C13H13ClN4S/c14-10-3-1-9(2-4-10)7-12-16-13-18(17-12)11(5-6-15)8-19-13/h1-4,8H,5-7,15H2. The Labute approximate surface area is 119 Å². The van der Waals surface area contributed by atoms with Crippen LogP contribution < -0.4 is 5.73 Å². The molecule has 0 saturated carbocycles. The van der Waals surface area contributed by atoms with E-state index in [9.17, 15) is 0 Å². The quantitative estimate of drug-likeness (QED) is 0.804. The summed E-state index contributed by atoms with van der Waals surface area (Å²) in [7, 11) is 0. The Balaban J connectivity index is 1.87. The second-order valence-corrected chi connectivity index (χ2v) is 5.56. The Morgan fingerprint density at radius 2 is 2.05 bits per heavy atom. The summed E-state index contributed by atoms with van der Waals surface area (Å²) in [5, 5.41) is 7.34. The van der Waals surface area contributed by atoms with Gasteiger partial charge in [-0.1, -0.05) is 23.7 Å². The molecule has 0 spiro atoms. The fourth-order valence-electron chi connectivity index (χ4n) is 1.94. The van der Waals surface area contributed by atoms with E-state index in [-0.39, 0.29) is 0 Å². The van der Waals surface area contributed by atoms with Gasteiger partial charge in [-0.25, -0.2) is 9.50 Å². The van der Waals surface area contributed by atoms with Crippen LogP contribution in [0.15, 0.2) is 29.6 Å². The van der Waals surface area contributed by atoms with Crippen molar-refractivity contribution in [2.75, 3.05) is 6.54 Å². The minimum absolute atomic E-state index is 0.623. The summed E-state index contributed by atoms with van der Waals surface area (Å²) in [5.41, 5.74) is 7.86. The van der Waals surface area contributed by atoms with Crippen LogP contribution in [0.3, 0.4) is 0 Å². The van der Waals surface area contributed by atoms with Gasteiger partial charge in [-0.3, -0.25) is 0 Å². The molecule has 2 heterocycles. The van der Waals surface area contributed by atoms with Gasteiger partial charge in [0.25, 0.3) is 0 Å². The Kier molecular flexibility index (Phi) is 3.50. The number of hydrogen-bond acceptors (Lipinski definition) is 4. The van der Waals surface area contributed by atoms with Crippen molar-refractivity contribution in [2.45, 2.75) is 12.8 Å². The van der Waals surface area contributed by atoms with Gasteiger partial charge in [-0.05, 0) is 24.2 Å². The van der Waals surface area contributed by atoms with Crippen LogP contribution in [0.2, 0.25) is 5.02 Å². The molecule has 0 bridgehead atoms. The summed E-state index contributed by atoms with van der Waals surface area (Å²) in [6.45, 7) is 0.623. The third-order valence-corrected chi connectivity index (χ3v) is 3.99. The Bertz CT molecular complexity index is 686. The van der Waals surface area contributed by atoms with E-state index in [1.807, 2.05) is 28.8 Å². The lowest BCUT2D eigenvalue weighted by Gasteiger charge is -1.97. The molecule has 0 aliphatic carbocycles. The Hall–Kier alpha value is -1.43. The molecule has 2 N–H and O–H groups in total. The Morgan fingerprint density at radius 3 is 2.79 bits per heavy atom. The van der Waals surface area contributed by atoms with Crippen molar-refractivity contribution in [1.82, 2.24) is 14.6 Å². The number of rotatable bonds is 4. The number of fused-ring (bicyclic) bond motifs is 1. The number of nitrogens with zero attached hydrogens (tertiary/aromatic N) is 3. The summed E-state index contributed by atoms with van der Waals surface area (Å²) in [5.74, 6) is 0.826. The first-order valence-electron chi connectivity index (χ1n) is 6.03. The lowest BCUT2D eigenvalue weighted by Crippen LogP contribution is -2.05. The molecule has 6 heteroatoms. The maximum absolute atomic E-state index is 5.87. The van der Waals surface area contributed by atoms with E-state index in [4.69, 9.17) is 17.3 Å². The van der Waals surface area contributed by atoms with Gasteiger partial charge in [0, 0.05) is 23.2 Å². The highest BCUT2D eigenvalue weighted by Gasteiger charge is 2.09. The van der Waals surface area contributed by atoms with Crippen LogP contribution in [-0.4, -0.2) is 21.1 Å². The monoisotopic (exact) mass is 292 g/mol. The molecule has 4 nitrogen and oxygen atoms in total. The van der Waals surface area contributed by atoms with Crippen LogP contribution in [0.1, 0.15) is 17.1 Å². The predicted octanol–water partition coefficient (Wildman–Crippen LogP) is 2.54. The minimum atomic E-state index is 0.623. The smallest absolute Gasteiger partial charge is 0.212 e. The first-order valence-corrected chi connectivity index (χ1v) is 7.28. The molecule has 0 atom stereocenters. The van der Waals surface area contributed by atoms with E-state index in [0.717, 1.165) is 33.5 Å². The molecule has 0 aliphatic heterocycles. The number of benzene rings is 1. The van der Waals surface area contributed by atoms with Gasteiger partial charge < -0.3 is 5.73 Å². The number of halogens is 1. The van der Waals surface area contributed by atoms with Gasteiger partial charge in [0.1, 0.15) is 0 Å². The minimum Gasteiger partial charge on any atom is -0.330 e. The lowest BCUT2D eigenvalue weighted by molar-refractivity contribution is 0.821. The van der Waals surface area contributed by atoms with Crippen molar-refractivity contribution in [3.8, 4) is 0 Å². The van der Waals surface area contributed by atoms with Crippen LogP contribution >= 0.6 is 22.9 Å². The fourth-order valence-corrected chi connectivity index (χ4v) is 2.95. The molecule has 3 aromatic rings. The second kappa shape index (κ2) is 5.28. The highest BCUT2D eigenvalue weighted by molar-refractivity contribution is 7.15. The molecule has 0 radical (unpaired) electrons. The molecule has 19 heavy (non-hydrogen) atoms. The van der Waals surface area contributed by atoms with Gasteiger partial charge in [0.15, 0.2) is 5.82 Å². The molecule has 3 rings (SSSR count). The lowest BCUT2D eigenvalue weighted by atomic mass is 10.1. The van der Waals surface area contributed by atoms with Gasteiger partial charge >= 0.3 is 0 Å². The highest BCUT2D eigenvalue weighted by Crippen LogP contribution is 2.17. The molecular formula is C13H13ClN4S. The third kappa shape index (κ3) is 2.63. The molecule has 0 fully saturated rings. The van der Waals surface area contributed by atoms with Gasteiger partial charge in [-0.2, -0.15) is 0 Å². The second-order valence-electron chi connectivity index (χ2n) is 4.29. The summed E-state index contributed by atoms with van der Waals surface area (Å²) < 4.78 is 1.89. The topological polar surface area (TPSA) is 56.2 Å². The summed E-state index contributed by atoms with van der Waals surface area (Å²) in [6, 6.07) is 7.76. The molecule has 1 aromatic carbocycles. The van der Waals surface area contributed by atoms with Crippen LogP contribution in [0.25, 0.3) is 4.96 Å². The van der Waals surface area contributed by atoms with Crippen LogP contribution in [-0.2, 0) is 12.8 Å². The van der Waals surface area contributed by atoms with E-state index in [0.29, 0.717) is 13.0 Å². The van der Waals surface area contributed by atoms with E-state index >= 15 is 0 Å². The SMILES string of the molecule is NCCc1csc2nc(Cc3ccc(Cl)cc3)nn12. The first-order chi connectivity index (χ1) is 9.26. The zero-order valence-corrected chi connectivity index (χ0v) is 11.8. The van der Waals surface area contributed by atoms with Crippen molar-refractivity contribution in [1.29, 1.82) is 0 Å². The van der Waals surface area contributed by atoms with Crippen molar-refractivity contribution < 1.29 is 0 Å². The molecular weight excluding hydrogens is 280 g/mol. The number of aromatic nitrogens is 3. The van der Waals surface area contributed by atoms with Crippen molar-refractivity contribution >= 4 is 27.9 Å². The third-order valence-electron chi connectivity index (χ3n) is 2.87. The van der Waals surface area contributed by atoms with E-state index in [2.05, 4.69) is 15.5 Å². The molecule has 2 aromatic heterocycles. The predicted molar refractivity (Wildman–Crippen MR) is 77.9 cm³/mol. The zero-order chi connectivity index (χ0) is 13.2. The Morgan fingerprint density at radius 1 is 1.26 bits per heavy atom.